The highest BCUT2D eigenvalue weighted by molar-refractivity contribution is 5.57. The summed E-state index contributed by atoms with van der Waals surface area (Å²) in [7, 11) is 0. The average molecular weight is 213 g/mol. The maximum absolute atomic E-state index is 9.16. The Hall–Kier alpha value is -1.95. The molecule has 0 unspecified atom stereocenters. The van der Waals surface area contributed by atoms with Crippen LogP contribution in [0.15, 0.2) is 24.8 Å². The maximum Gasteiger partial charge on any atom is 0.231 e. The van der Waals surface area contributed by atoms with Crippen molar-refractivity contribution in [3.8, 4) is 17.6 Å². The summed E-state index contributed by atoms with van der Waals surface area (Å²) in [5, 5.41) is 9.16. The molecule has 1 aromatic rings. The molecule has 16 heavy (non-hydrogen) atoms. The van der Waals surface area contributed by atoms with E-state index < -0.39 is 0 Å². The number of allylic oxidation sites excluding steroid dienone is 1. The number of hydrogen-bond acceptors (Lipinski definition) is 3. The van der Waals surface area contributed by atoms with Crippen molar-refractivity contribution in [1.82, 2.24) is 0 Å². The summed E-state index contributed by atoms with van der Waals surface area (Å²) in [4.78, 5) is 0. The first-order valence-corrected chi connectivity index (χ1v) is 5.27. The summed E-state index contributed by atoms with van der Waals surface area (Å²) in [5.74, 6) is 1.40. The third-order valence-electron chi connectivity index (χ3n) is 3.35. The lowest BCUT2D eigenvalue weighted by atomic mass is 9.91. The van der Waals surface area contributed by atoms with Crippen molar-refractivity contribution in [3.63, 3.8) is 0 Å². The lowest BCUT2D eigenvalue weighted by Gasteiger charge is -2.12. The highest BCUT2D eigenvalue weighted by Gasteiger charge is 2.43. The van der Waals surface area contributed by atoms with Crippen molar-refractivity contribution >= 4 is 0 Å². The van der Waals surface area contributed by atoms with E-state index >= 15 is 0 Å². The average Bonchev–Trinajstić information content (AvgIpc) is 2.99. The van der Waals surface area contributed by atoms with Crippen LogP contribution in [0.5, 0.6) is 11.5 Å². The minimum Gasteiger partial charge on any atom is -0.454 e. The second-order valence-corrected chi connectivity index (χ2v) is 4.22. The molecular formula is C13H11NO2. The Morgan fingerprint density at radius 2 is 2.00 bits per heavy atom. The van der Waals surface area contributed by atoms with Crippen molar-refractivity contribution in [2.75, 3.05) is 6.79 Å². The van der Waals surface area contributed by atoms with Crippen molar-refractivity contribution in [2.24, 2.45) is 0 Å². The minimum atomic E-state index is -0.00789. The number of benzene rings is 1. The molecule has 1 fully saturated rings. The van der Waals surface area contributed by atoms with E-state index in [1.165, 1.54) is 0 Å². The highest BCUT2D eigenvalue weighted by atomic mass is 16.7. The fourth-order valence-electron chi connectivity index (χ4n) is 2.16. The Balaban J connectivity index is 2.18. The van der Waals surface area contributed by atoms with E-state index in [-0.39, 0.29) is 12.2 Å². The Morgan fingerprint density at radius 1 is 1.31 bits per heavy atom. The maximum atomic E-state index is 9.16. The number of rotatable bonds is 2. The molecule has 0 amide bonds. The molecule has 0 radical (unpaired) electrons. The molecule has 1 heterocycles. The fraction of sp³-hybridized carbons (Fsp3) is 0.308. The zero-order valence-corrected chi connectivity index (χ0v) is 8.82. The monoisotopic (exact) mass is 213 g/mol. The minimum absolute atomic E-state index is 0.00789. The van der Waals surface area contributed by atoms with Crippen LogP contribution >= 0.6 is 0 Å². The third kappa shape index (κ3) is 1.13. The van der Waals surface area contributed by atoms with Gasteiger partial charge in [-0.05, 0) is 24.5 Å². The van der Waals surface area contributed by atoms with Gasteiger partial charge in [0.15, 0.2) is 11.5 Å². The van der Waals surface area contributed by atoms with E-state index in [9.17, 15) is 0 Å². The summed E-state index contributed by atoms with van der Waals surface area (Å²) in [6, 6.07) is 5.91. The van der Waals surface area contributed by atoms with Gasteiger partial charge in [0, 0.05) is 11.5 Å². The topological polar surface area (TPSA) is 42.2 Å². The van der Waals surface area contributed by atoms with E-state index in [1.807, 2.05) is 12.1 Å². The SMILES string of the molecule is C=CC1(c2cc3c(cc2C#N)OCO3)CC1. The lowest BCUT2D eigenvalue weighted by Crippen LogP contribution is -2.04. The molecule has 3 heteroatoms. The lowest BCUT2D eigenvalue weighted by molar-refractivity contribution is 0.174. The summed E-state index contributed by atoms with van der Waals surface area (Å²) in [6.45, 7) is 4.10. The summed E-state index contributed by atoms with van der Waals surface area (Å²) < 4.78 is 10.6. The van der Waals surface area contributed by atoms with Gasteiger partial charge >= 0.3 is 0 Å². The normalized spacial score (nSPS) is 18.9. The molecule has 80 valence electrons. The zero-order valence-electron chi connectivity index (χ0n) is 8.82. The van der Waals surface area contributed by atoms with Gasteiger partial charge in [-0.1, -0.05) is 6.08 Å². The molecule has 0 atom stereocenters. The standard InChI is InChI=1S/C13H11NO2/c1-2-13(3-4-13)10-6-12-11(15-8-16-12)5-9(10)7-14/h2,5-6H,1,3-4,8H2. The van der Waals surface area contributed by atoms with Gasteiger partial charge in [0.1, 0.15) is 0 Å². The Bertz CT molecular complexity index is 509. The van der Waals surface area contributed by atoms with Crippen LogP contribution in [0.2, 0.25) is 0 Å². The van der Waals surface area contributed by atoms with Crippen LogP contribution in [0.25, 0.3) is 0 Å². The second kappa shape index (κ2) is 3.02. The molecule has 1 aromatic carbocycles. The number of fused-ring (bicyclic) bond motifs is 1. The van der Waals surface area contributed by atoms with E-state index in [0.29, 0.717) is 11.3 Å². The first-order chi connectivity index (χ1) is 7.79. The molecule has 0 N–H and O–H groups in total. The number of nitriles is 1. The van der Waals surface area contributed by atoms with E-state index in [4.69, 9.17) is 14.7 Å². The molecule has 3 rings (SSSR count). The molecule has 1 aliphatic heterocycles. The van der Waals surface area contributed by atoms with E-state index in [1.54, 1.807) is 6.07 Å². The third-order valence-corrected chi connectivity index (χ3v) is 3.35. The van der Waals surface area contributed by atoms with Gasteiger partial charge in [0.2, 0.25) is 6.79 Å². The van der Waals surface area contributed by atoms with Crippen LogP contribution in [-0.2, 0) is 5.41 Å². The molecule has 0 aromatic heterocycles. The molecule has 1 aliphatic carbocycles. The van der Waals surface area contributed by atoms with E-state index in [2.05, 4.69) is 12.6 Å². The Labute approximate surface area is 93.9 Å². The van der Waals surface area contributed by atoms with Gasteiger partial charge in [-0.25, -0.2) is 0 Å². The molecule has 1 saturated carbocycles. The van der Waals surface area contributed by atoms with Crippen LogP contribution in [0.4, 0.5) is 0 Å². The van der Waals surface area contributed by atoms with Gasteiger partial charge in [-0.3, -0.25) is 0 Å². The second-order valence-electron chi connectivity index (χ2n) is 4.22. The van der Waals surface area contributed by atoms with Gasteiger partial charge in [0.05, 0.1) is 11.6 Å². The molecule has 0 spiro atoms. The first-order valence-electron chi connectivity index (χ1n) is 5.27. The Kier molecular flexibility index (Phi) is 1.75. The largest absolute Gasteiger partial charge is 0.454 e. The van der Waals surface area contributed by atoms with Gasteiger partial charge in [-0.2, -0.15) is 5.26 Å². The number of ether oxygens (including phenoxy) is 2. The van der Waals surface area contributed by atoms with Crippen LogP contribution in [0.1, 0.15) is 24.0 Å². The van der Waals surface area contributed by atoms with Crippen molar-refractivity contribution in [1.29, 1.82) is 5.26 Å². The van der Waals surface area contributed by atoms with Crippen molar-refractivity contribution < 1.29 is 9.47 Å². The van der Waals surface area contributed by atoms with Gasteiger partial charge < -0.3 is 9.47 Å². The van der Waals surface area contributed by atoms with Crippen LogP contribution in [0, 0.1) is 11.3 Å². The first kappa shape index (κ1) is 9.29. The molecule has 3 nitrogen and oxygen atoms in total. The summed E-state index contributed by atoms with van der Waals surface area (Å²) in [6.07, 6.45) is 4.06. The van der Waals surface area contributed by atoms with E-state index in [0.717, 1.165) is 24.2 Å². The fourth-order valence-corrected chi connectivity index (χ4v) is 2.16. The smallest absolute Gasteiger partial charge is 0.231 e. The Morgan fingerprint density at radius 3 is 2.56 bits per heavy atom. The molecule has 0 bridgehead atoms. The van der Waals surface area contributed by atoms with Crippen LogP contribution in [-0.4, -0.2) is 6.79 Å². The quantitative estimate of drug-likeness (QED) is 0.709. The summed E-state index contributed by atoms with van der Waals surface area (Å²) in [5.41, 5.74) is 1.68. The predicted octanol–water partition coefficient (Wildman–Crippen LogP) is 2.50. The van der Waals surface area contributed by atoms with Crippen LogP contribution < -0.4 is 9.47 Å². The highest BCUT2D eigenvalue weighted by Crippen LogP contribution is 2.52. The van der Waals surface area contributed by atoms with Crippen LogP contribution in [0.3, 0.4) is 0 Å². The van der Waals surface area contributed by atoms with Gasteiger partial charge in [-0.15, -0.1) is 6.58 Å². The van der Waals surface area contributed by atoms with Gasteiger partial charge in [0.25, 0.3) is 0 Å². The predicted molar refractivity (Wildman–Crippen MR) is 58.4 cm³/mol. The molecule has 2 aliphatic rings. The number of nitrogens with zero attached hydrogens (tertiary/aromatic N) is 1. The van der Waals surface area contributed by atoms with Crippen molar-refractivity contribution in [2.45, 2.75) is 18.3 Å². The number of hydrogen-bond donors (Lipinski definition) is 0. The molecular weight excluding hydrogens is 202 g/mol. The molecule has 0 saturated heterocycles. The van der Waals surface area contributed by atoms with Crippen molar-refractivity contribution in [3.05, 3.63) is 35.9 Å². The zero-order chi connectivity index (χ0) is 11.2. The summed E-state index contributed by atoms with van der Waals surface area (Å²) >= 11 is 0.